The van der Waals surface area contributed by atoms with Crippen LogP contribution in [0, 0.1) is 6.92 Å². The van der Waals surface area contributed by atoms with E-state index >= 15 is 0 Å². The minimum absolute atomic E-state index is 0.293. The van der Waals surface area contributed by atoms with Crippen molar-refractivity contribution >= 4 is 0 Å². The minimum atomic E-state index is 0.293. The second-order valence-electron chi connectivity index (χ2n) is 2.69. The van der Waals surface area contributed by atoms with Gasteiger partial charge in [0.2, 0.25) is 0 Å². The lowest BCUT2D eigenvalue weighted by atomic mass is 10.2. The molecule has 1 atom stereocenters. The SMILES string of the molecule is Cc1cn(C)nc1[C@@H]1CO1. The van der Waals surface area contributed by atoms with Crippen molar-refractivity contribution in [3.05, 3.63) is 17.5 Å². The molecule has 10 heavy (non-hydrogen) atoms. The van der Waals surface area contributed by atoms with Gasteiger partial charge < -0.3 is 4.74 Å². The number of hydrogen-bond donors (Lipinski definition) is 0. The maximum atomic E-state index is 5.11. The Bertz CT molecular complexity index is 250. The summed E-state index contributed by atoms with van der Waals surface area (Å²) in [4.78, 5) is 0. The van der Waals surface area contributed by atoms with E-state index in [1.807, 2.05) is 17.9 Å². The number of rotatable bonds is 1. The Hall–Kier alpha value is -0.830. The summed E-state index contributed by atoms with van der Waals surface area (Å²) >= 11 is 0. The average molecular weight is 138 g/mol. The topological polar surface area (TPSA) is 30.4 Å². The molecule has 0 saturated carbocycles. The number of epoxide rings is 1. The van der Waals surface area contributed by atoms with E-state index in [0.29, 0.717) is 6.10 Å². The maximum Gasteiger partial charge on any atom is 0.125 e. The highest BCUT2D eigenvalue weighted by molar-refractivity contribution is 5.19. The lowest BCUT2D eigenvalue weighted by molar-refractivity contribution is 0.409. The Morgan fingerprint density at radius 1 is 1.80 bits per heavy atom. The third-order valence-corrected chi connectivity index (χ3v) is 1.69. The second-order valence-corrected chi connectivity index (χ2v) is 2.69. The van der Waals surface area contributed by atoms with Crippen LogP contribution in [0.25, 0.3) is 0 Å². The average Bonchev–Trinajstić information content (AvgIpc) is 2.61. The fourth-order valence-electron chi connectivity index (χ4n) is 1.15. The van der Waals surface area contributed by atoms with Crippen molar-refractivity contribution in [2.45, 2.75) is 13.0 Å². The largest absolute Gasteiger partial charge is 0.366 e. The Balaban J connectivity index is 2.38. The molecule has 54 valence electrons. The van der Waals surface area contributed by atoms with E-state index < -0.39 is 0 Å². The summed E-state index contributed by atoms with van der Waals surface area (Å²) in [6.07, 6.45) is 2.30. The standard InChI is InChI=1S/C7H10N2O/c1-5-3-9(2)8-7(5)6-4-10-6/h3,6H,4H2,1-2H3/t6-/m0/s1. The van der Waals surface area contributed by atoms with Crippen LogP contribution in [0.15, 0.2) is 6.20 Å². The first kappa shape index (κ1) is 5.92. The number of aromatic nitrogens is 2. The fraction of sp³-hybridized carbons (Fsp3) is 0.571. The molecule has 0 radical (unpaired) electrons. The Kier molecular flexibility index (Phi) is 1.08. The van der Waals surface area contributed by atoms with E-state index in [1.54, 1.807) is 0 Å². The highest BCUT2D eigenvalue weighted by atomic mass is 16.6. The van der Waals surface area contributed by atoms with E-state index in [4.69, 9.17) is 4.74 Å². The van der Waals surface area contributed by atoms with Crippen molar-refractivity contribution in [3.8, 4) is 0 Å². The quantitative estimate of drug-likeness (QED) is 0.537. The molecule has 2 rings (SSSR count). The van der Waals surface area contributed by atoms with E-state index in [1.165, 1.54) is 5.56 Å². The van der Waals surface area contributed by atoms with Crippen molar-refractivity contribution in [2.75, 3.05) is 6.61 Å². The zero-order chi connectivity index (χ0) is 7.14. The molecule has 1 fully saturated rings. The van der Waals surface area contributed by atoms with Crippen LogP contribution in [0.5, 0.6) is 0 Å². The van der Waals surface area contributed by atoms with Gasteiger partial charge in [-0.05, 0) is 12.5 Å². The molecule has 0 N–H and O–H groups in total. The minimum Gasteiger partial charge on any atom is -0.366 e. The molecule has 1 aromatic rings. The monoisotopic (exact) mass is 138 g/mol. The molecular formula is C7H10N2O. The molecule has 1 aromatic heterocycles. The van der Waals surface area contributed by atoms with E-state index in [-0.39, 0.29) is 0 Å². The molecule has 3 heteroatoms. The molecule has 1 saturated heterocycles. The van der Waals surface area contributed by atoms with Crippen molar-refractivity contribution in [3.63, 3.8) is 0 Å². The summed E-state index contributed by atoms with van der Waals surface area (Å²) in [6, 6.07) is 0. The van der Waals surface area contributed by atoms with Crippen LogP contribution in [0.4, 0.5) is 0 Å². The van der Waals surface area contributed by atoms with Gasteiger partial charge >= 0.3 is 0 Å². The zero-order valence-electron chi connectivity index (χ0n) is 6.16. The molecule has 0 unspecified atom stereocenters. The van der Waals surface area contributed by atoms with Crippen LogP contribution in [0.3, 0.4) is 0 Å². The van der Waals surface area contributed by atoms with Crippen molar-refractivity contribution in [1.29, 1.82) is 0 Å². The summed E-state index contributed by atoms with van der Waals surface area (Å²) in [5.74, 6) is 0. The van der Waals surface area contributed by atoms with Gasteiger partial charge in [-0.1, -0.05) is 0 Å². The van der Waals surface area contributed by atoms with Crippen molar-refractivity contribution in [2.24, 2.45) is 7.05 Å². The third-order valence-electron chi connectivity index (χ3n) is 1.69. The lowest BCUT2D eigenvalue weighted by Gasteiger charge is -1.86. The first-order chi connectivity index (χ1) is 4.77. The van der Waals surface area contributed by atoms with Crippen molar-refractivity contribution < 1.29 is 4.74 Å². The van der Waals surface area contributed by atoms with Crippen LogP contribution in [0.1, 0.15) is 17.4 Å². The fourth-order valence-corrected chi connectivity index (χ4v) is 1.15. The summed E-state index contributed by atoms with van der Waals surface area (Å²) in [6.45, 7) is 2.90. The van der Waals surface area contributed by atoms with Gasteiger partial charge in [0.1, 0.15) is 6.10 Å². The summed E-state index contributed by atoms with van der Waals surface area (Å²) in [5.41, 5.74) is 2.33. The molecular weight excluding hydrogens is 128 g/mol. The van der Waals surface area contributed by atoms with Gasteiger partial charge in [-0.3, -0.25) is 4.68 Å². The number of aryl methyl sites for hydroxylation is 2. The summed E-state index contributed by atoms with van der Waals surface area (Å²) < 4.78 is 6.94. The number of hydrogen-bond acceptors (Lipinski definition) is 2. The molecule has 0 spiro atoms. The molecule has 0 aromatic carbocycles. The first-order valence-corrected chi connectivity index (χ1v) is 3.39. The predicted octanol–water partition coefficient (Wildman–Crippen LogP) is 0.800. The normalized spacial score (nSPS) is 23.2. The van der Waals surface area contributed by atoms with Crippen LogP contribution in [-0.2, 0) is 11.8 Å². The molecule has 0 bridgehead atoms. The highest BCUT2D eigenvalue weighted by Gasteiger charge is 2.28. The Morgan fingerprint density at radius 3 is 2.90 bits per heavy atom. The second kappa shape index (κ2) is 1.83. The molecule has 3 nitrogen and oxygen atoms in total. The van der Waals surface area contributed by atoms with Gasteiger partial charge in [-0.25, -0.2) is 0 Å². The Morgan fingerprint density at radius 2 is 2.50 bits per heavy atom. The molecule has 1 aliphatic heterocycles. The molecule has 2 heterocycles. The van der Waals surface area contributed by atoms with Gasteiger partial charge in [0.15, 0.2) is 0 Å². The molecule has 0 amide bonds. The highest BCUT2D eigenvalue weighted by Crippen LogP contribution is 2.30. The summed E-state index contributed by atoms with van der Waals surface area (Å²) in [7, 11) is 1.93. The van der Waals surface area contributed by atoms with Gasteiger partial charge in [-0.2, -0.15) is 5.10 Å². The number of ether oxygens (including phenoxy) is 1. The van der Waals surface area contributed by atoms with E-state index in [2.05, 4.69) is 12.0 Å². The van der Waals surface area contributed by atoms with Gasteiger partial charge in [-0.15, -0.1) is 0 Å². The first-order valence-electron chi connectivity index (χ1n) is 3.39. The van der Waals surface area contributed by atoms with Crippen molar-refractivity contribution in [1.82, 2.24) is 9.78 Å². The maximum absolute atomic E-state index is 5.11. The third kappa shape index (κ3) is 0.827. The summed E-state index contributed by atoms with van der Waals surface area (Å²) in [5, 5.41) is 4.26. The lowest BCUT2D eigenvalue weighted by Crippen LogP contribution is -1.89. The smallest absolute Gasteiger partial charge is 0.125 e. The zero-order valence-corrected chi connectivity index (χ0v) is 6.16. The van der Waals surface area contributed by atoms with Crippen LogP contribution >= 0.6 is 0 Å². The Labute approximate surface area is 59.6 Å². The van der Waals surface area contributed by atoms with Gasteiger partial charge in [0.25, 0.3) is 0 Å². The van der Waals surface area contributed by atoms with E-state index in [9.17, 15) is 0 Å². The predicted molar refractivity (Wildman–Crippen MR) is 36.6 cm³/mol. The van der Waals surface area contributed by atoms with Crippen LogP contribution in [-0.4, -0.2) is 16.4 Å². The van der Waals surface area contributed by atoms with E-state index in [0.717, 1.165) is 12.3 Å². The van der Waals surface area contributed by atoms with Gasteiger partial charge in [0.05, 0.1) is 12.3 Å². The van der Waals surface area contributed by atoms with Gasteiger partial charge in [0, 0.05) is 13.2 Å². The molecule has 0 aliphatic carbocycles. The van der Waals surface area contributed by atoms with Crippen LogP contribution < -0.4 is 0 Å². The molecule has 1 aliphatic rings. The van der Waals surface area contributed by atoms with Crippen LogP contribution in [0.2, 0.25) is 0 Å². The number of nitrogens with zero attached hydrogens (tertiary/aromatic N) is 2.